The molecule has 2 aromatic rings. The van der Waals surface area contributed by atoms with Crippen LogP contribution in [-0.2, 0) is 9.59 Å². The molecule has 1 fully saturated rings. The lowest BCUT2D eigenvalue weighted by Crippen LogP contribution is -2.29. The molecule has 0 aliphatic carbocycles. The molecule has 9 heteroatoms. The summed E-state index contributed by atoms with van der Waals surface area (Å²) in [5.74, 6) is -2.37. The third kappa shape index (κ3) is 5.11. The van der Waals surface area contributed by atoms with Crippen molar-refractivity contribution in [3.8, 4) is 11.3 Å². The van der Waals surface area contributed by atoms with Gasteiger partial charge in [0.1, 0.15) is 23.2 Å². The van der Waals surface area contributed by atoms with Crippen molar-refractivity contribution in [1.82, 2.24) is 4.90 Å². The van der Waals surface area contributed by atoms with E-state index in [0.717, 1.165) is 28.8 Å². The Bertz CT molecular complexity index is 985. The molecular weight excluding hydrogens is 404 g/mol. The number of furan rings is 1. The standard InChI is InChI=1S/C20H17F2NO5S/c21-12-5-7-14(15(22)10-12)16-8-6-13(28-16)11-17-19(26)23(20(27)29-17)9-3-1-2-4-18(24)25/h5-8,10-11H,1-4,9H2,(H,24,25)/b17-11-. The number of benzene rings is 1. The maximum atomic E-state index is 13.9. The Morgan fingerprint density at radius 1 is 1.14 bits per heavy atom. The first-order chi connectivity index (χ1) is 13.8. The van der Waals surface area contributed by atoms with Gasteiger partial charge >= 0.3 is 5.97 Å². The van der Waals surface area contributed by atoms with Gasteiger partial charge in [0.2, 0.25) is 0 Å². The maximum absolute atomic E-state index is 13.9. The number of amides is 2. The van der Waals surface area contributed by atoms with Gasteiger partial charge in [0, 0.05) is 25.1 Å². The molecule has 6 nitrogen and oxygen atoms in total. The normalized spacial score (nSPS) is 15.5. The lowest BCUT2D eigenvalue weighted by Gasteiger charge is -2.11. The zero-order valence-corrected chi connectivity index (χ0v) is 16.0. The van der Waals surface area contributed by atoms with Gasteiger partial charge in [-0.3, -0.25) is 19.3 Å². The van der Waals surface area contributed by atoms with Gasteiger partial charge in [0.15, 0.2) is 0 Å². The minimum absolute atomic E-state index is 0.0528. The Morgan fingerprint density at radius 2 is 1.93 bits per heavy atom. The minimum atomic E-state index is -0.877. The van der Waals surface area contributed by atoms with Crippen LogP contribution in [0.25, 0.3) is 17.4 Å². The van der Waals surface area contributed by atoms with Crippen LogP contribution in [0.4, 0.5) is 13.6 Å². The molecule has 0 bridgehead atoms. The van der Waals surface area contributed by atoms with Gasteiger partial charge in [-0.05, 0) is 48.9 Å². The summed E-state index contributed by atoms with van der Waals surface area (Å²) >= 11 is 0.776. The first kappa shape index (κ1) is 20.8. The summed E-state index contributed by atoms with van der Waals surface area (Å²) in [7, 11) is 0. The maximum Gasteiger partial charge on any atom is 0.303 e. The number of halogens is 2. The Hall–Kier alpha value is -2.94. The van der Waals surface area contributed by atoms with Gasteiger partial charge in [-0.2, -0.15) is 0 Å². The minimum Gasteiger partial charge on any atom is -0.481 e. The fourth-order valence-electron chi connectivity index (χ4n) is 2.81. The third-order valence-electron chi connectivity index (χ3n) is 4.24. The highest BCUT2D eigenvalue weighted by molar-refractivity contribution is 8.18. The second-order valence-electron chi connectivity index (χ2n) is 6.36. The third-order valence-corrected chi connectivity index (χ3v) is 5.15. The van der Waals surface area contributed by atoms with Gasteiger partial charge in [0.25, 0.3) is 11.1 Å². The second-order valence-corrected chi connectivity index (χ2v) is 7.36. The molecule has 1 aromatic carbocycles. The highest BCUT2D eigenvalue weighted by Gasteiger charge is 2.34. The molecular formula is C20H17F2NO5S. The summed E-state index contributed by atoms with van der Waals surface area (Å²) in [6.07, 6.45) is 3.05. The zero-order chi connectivity index (χ0) is 21.0. The molecule has 1 N–H and O–H groups in total. The highest BCUT2D eigenvalue weighted by Crippen LogP contribution is 2.34. The average molecular weight is 421 g/mol. The number of carbonyl (C=O) groups excluding carboxylic acids is 2. The van der Waals surface area contributed by atoms with Crippen LogP contribution >= 0.6 is 11.8 Å². The Morgan fingerprint density at radius 3 is 2.66 bits per heavy atom. The van der Waals surface area contributed by atoms with Crippen molar-refractivity contribution in [2.24, 2.45) is 0 Å². The van der Waals surface area contributed by atoms with Gasteiger partial charge < -0.3 is 9.52 Å². The number of hydrogen-bond acceptors (Lipinski definition) is 5. The fourth-order valence-corrected chi connectivity index (χ4v) is 3.65. The van der Waals surface area contributed by atoms with Crippen molar-refractivity contribution in [2.75, 3.05) is 6.54 Å². The van der Waals surface area contributed by atoms with E-state index in [4.69, 9.17) is 9.52 Å². The molecule has 1 aliphatic rings. The van der Waals surface area contributed by atoms with Crippen LogP contribution in [0.15, 0.2) is 39.7 Å². The van der Waals surface area contributed by atoms with Crippen LogP contribution in [0, 0.1) is 11.6 Å². The van der Waals surface area contributed by atoms with Gasteiger partial charge in [-0.25, -0.2) is 8.78 Å². The molecule has 2 amide bonds. The van der Waals surface area contributed by atoms with E-state index >= 15 is 0 Å². The molecule has 152 valence electrons. The van der Waals surface area contributed by atoms with E-state index in [-0.39, 0.29) is 35.0 Å². The zero-order valence-electron chi connectivity index (χ0n) is 15.2. The van der Waals surface area contributed by atoms with Crippen LogP contribution in [0.3, 0.4) is 0 Å². The molecule has 0 spiro atoms. The summed E-state index contributed by atoms with van der Waals surface area (Å²) in [5.41, 5.74) is 0.0838. The van der Waals surface area contributed by atoms with Gasteiger partial charge in [-0.15, -0.1) is 0 Å². The number of carbonyl (C=O) groups is 3. The van der Waals surface area contributed by atoms with Crippen molar-refractivity contribution < 1.29 is 32.7 Å². The first-order valence-electron chi connectivity index (χ1n) is 8.87. The summed E-state index contributed by atoms with van der Waals surface area (Å²) in [4.78, 5) is 36.3. The molecule has 3 rings (SSSR count). The fraction of sp³-hybridized carbons (Fsp3) is 0.250. The van der Waals surface area contributed by atoms with E-state index < -0.39 is 28.8 Å². The van der Waals surface area contributed by atoms with E-state index in [1.807, 2.05) is 0 Å². The molecule has 29 heavy (non-hydrogen) atoms. The first-order valence-corrected chi connectivity index (χ1v) is 9.69. The second kappa shape index (κ2) is 9.04. The smallest absolute Gasteiger partial charge is 0.303 e. The lowest BCUT2D eigenvalue weighted by atomic mass is 10.1. The predicted molar refractivity (Wildman–Crippen MR) is 103 cm³/mol. The van der Waals surface area contributed by atoms with E-state index in [9.17, 15) is 23.2 Å². The number of aliphatic carboxylic acids is 1. The van der Waals surface area contributed by atoms with Crippen LogP contribution in [-0.4, -0.2) is 33.7 Å². The van der Waals surface area contributed by atoms with Crippen LogP contribution in [0.5, 0.6) is 0 Å². The summed E-state index contributed by atoms with van der Waals surface area (Å²) < 4.78 is 32.4. The van der Waals surface area contributed by atoms with Crippen LogP contribution in [0.1, 0.15) is 31.4 Å². The molecule has 0 radical (unpaired) electrons. The molecule has 1 saturated heterocycles. The van der Waals surface area contributed by atoms with Crippen molar-refractivity contribution in [3.63, 3.8) is 0 Å². The number of rotatable bonds is 8. The van der Waals surface area contributed by atoms with Crippen LogP contribution in [0.2, 0.25) is 0 Å². The van der Waals surface area contributed by atoms with Crippen molar-refractivity contribution >= 4 is 35.0 Å². The molecule has 1 aliphatic heterocycles. The van der Waals surface area contributed by atoms with Crippen molar-refractivity contribution in [1.29, 1.82) is 0 Å². The monoisotopic (exact) mass is 421 g/mol. The highest BCUT2D eigenvalue weighted by atomic mass is 32.2. The van der Waals surface area contributed by atoms with Crippen molar-refractivity contribution in [2.45, 2.75) is 25.7 Å². The number of unbranched alkanes of at least 4 members (excludes halogenated alkanes) is 2. The topological polar surface area (TPSA) is 87.8 Å². The summed E-state index contributed by atoms with van der Waals surface area (Å²) in [6.45, 7) is 0.214. The Balaban J connectivity index is 1.65. The predicted octanol–water partition coefficient (Wildman–Crippen LogP) is 4.91. The molecule has 2 heterocycles. The molecule has 1 aromatic heterocycles. The molecule has 0 atom stereocenters. The lowest BCUT2D eigenvalue weighted by molar-refractivity contribution is -0.137. The largest absolute Gasteiger partial charge is 0.481 e. The van der Waals surface area contributed by atoms with E-state index in [1.165, 1.54) is 24.3 Å². The van der Waals surface area contributed by atoms with E-state index in [0.29, 0.717) is 19.3 Å². The van der Waals surface area contributed by atoms with E-state index in [2.05, 4.69) is 0 Å². The number of carboxylic acids is 1. The van der Waals surface area contributed by atoms with E-state index in [1.54, 1.807) is 0 Å². The number of imide groups is 1. The number of nitrogens with zero attached hydrogens (tertiary/aromatic N) is 1. The van der Waals surface area contributed by atoms with Crippen LogP contribution < -0.4 is 0 Å². The SMILES string of the molecule is O=C(O)CCCCCN1C(=O)S/C(=C\c2ccc(-c3ccc(F)cc3F)o2)C1=O. The molecule has 0 saturated carbocycles. The quantitative estimate of drug-likeness (QED) is 0.482. The van der Waals surface area contributed by atoms with Gasteiger partial charge in [0.05, 0.1) is 10.5 Å². The number of hydrogen-bond donors (Lipinski definition) is 1. The number of carboxylic acid groups (broad SMARTS) is 1. The summed E-state index contributed by atoms with van der Waals surface area (Å²) in [6, 6.07) is 6.14. The Labute approximate surface area is 169 Å². The molecule has 0 unspecified atom stereocenters. The Kier molecular flexibility index (Phi) is 6.48. The van der Waals surface area contributed by atoms with Gasteiger partial charge in [-0.1, -0.05) is 6.42 Å². The van der Waals surface area contributed by atoms with Crippen molar-refractivity contribution in [3.05, 3.63) is 52.6 Å². The number of thioether (sulfide) groups is 1. The average Bonchev–Trinajstić information content (AvgIpc) is 3.21. The summed E-state index contributed by atoms with van der Waals surface area (Å²) in [5, 5.41) is 8.20.